The van der Waals surface area contributed by atoms with Gasteiger partial charge in [0.15, 0.2) is 0 Å². The summed E-state index contributed by atoms with van der Waals surface area (Å²) >= 11 is 5.99. The van der Waals surface area contributed by atoms with E-state index in [1.807, 2.05) is 0 Å². The fourth-order valence-corrected chi connectivity index (χ4v) is 7.23. The van der Waals surface area contributed by atoms with Crippen molar-refractivity contribution in [3.8, 4) is 0 Å². The number of aliphatic hydroxyl groups is 1. The Labute approximate surface area is 188 Å². The summed E-state index contributed by atoms with van der Waals surface area (Å²) in [5.41, 5.74) is -0.250. The summed E-state index contributed by atoms with van der Waals surface area (Å²) in [5.74, 6) is 0. The van der Waals surface area contributed by atoms with Crippen LogP contribution in [-0.4, -0.2) is 34.5 Å². The minimum atomic E-state index is -5.01. The predicted octanol–water partition coefficient (Wildman–Crippen LogP) is 5.79. The summed E-state index contributed by atoms with van der Waals surface area (Å²) in [7, 11) is -9.75. The van der Waals surface area contributed by atoms with Crippen LogP contribution >= 0.6 is 26.8 Å². The van der Waals surface area contributed by atoms with Gasteiger partial charge in [0.25, 0.3) is 5.08 Å². The number of nitrogens with zero attached hydrogens (tertiary/aromatic N) is 1. The first kappa shape index (κ1) is 28.7. The molecule has 0 saturated heterocycles. The molecule has 0 bridgehead atoms. The zero-order valence-corrected chi connectivity index (χ0v) is 21.5. The standard InChI is InChI=1S/C18H32ClNO9P2/c1-12(2)24-28-31(23,29-25-13(3)4)18(21,16-9-10-20-17(19)11-16)30(22,26-14(5)6)27-15(7)8/h9-15,21H,1-8H3. The largest absolute Gasteiger partial charge is 0.432 e. The predicted molar refractivity (Wildman–Crippen MR) is 115 cm³/mol. The molecule has 0 aliphatic heterocycles. The molecule has 1 aromatic rings. The summed E-state index contributed by atoms with van der Waals surface area (Å²) in [6.45, 7) is 12.6. The monoisotopic (exact) mass is 503 g/mol. The SMILES string of the molecule is CC(C)OOP(=O)(OOC(C)C)C(O)(c1ccnc(Cl)c1)P(=O)(OC(C)C)OC(C)C. The first-order chi connectivity index (χ1) is 14.2. The van der Waals surface area contributed by atoms with Crippen molar-refractivity contribution in [3.63, 3.8) is 0 Å². The molecular weight excluding hydrogens is 472 g/mol. The van der Waals surface area contributed by atoms with Crippen LogP contribution in [0.1, 0.15) is 61.0 Å². The molecule has 180 valence electrons. The second kappa shape index (κ2) is 11.7. The molecule has 31 heavy (non-hydrogen) atoms. The normalized spacial score (nSPS) is 15.3. The topological polar surface area (TPSA) is 123 Å². The van der Waals surface area contributed by atoms with Crippen molar-refractivity contribution in [2.45, 2.75) is 84.9 Å². The maximum atomic E-state index is 14.1. The van der Waals surface area contributed by atoms with Crippen molar-refractivity contribution in [3.05, 3.63) is 29.0 Å². The number of aromatic nitrogens is 1. The quantitative estimate of drug-likeness (QED) is 0.153. The minimum Gasteiger partial charge on any atom is -0.364 e. The molecule has 1 aromatic heterocycles. The van der Waals surface area contributed by atoms with E-state index in [9.17, 15) is 14.2 Å². The molecule has 0 amide bonds. The summed E-state index contributed by atoms with van der Waals surface area (Å²) < 4.78 is 49.4. The fraction of sp³-hybridized carbons (Fsp3) is 0.722. The van der Waals surface area contributed by atoms with Crippen LogP contribution in [0.15, 0.2) is 18.3 Å². The highest BCUT2D eigenvalue weighted by molar-refractivity contribution is 7.73. The van der Waals surface area contributed by atoms with E-state index in [1.54, 1.807) is 55.4 Å². The highest BCUT2D eigenvalue weighted by atomic mass is 35.5. The van der Waals surface area contributed by atoms with E-state index in [1.165, 1.54) is 12.3 Å². The maximum absolute atomic E-state index is 14.1. The van der Waals surface area contributed by atoms with Crippen molar-refractivity contribution < 1.29 is 42.4 Å². The molecule has 1 N–H and O–H groups in total. The van der Waals surface area contributed by atoms with Gasteiger partial charge in [-0.3, -0.25) is 9.13 Å². The maximum Gasteiger partial charge on any atom is 0.432 e. The summed E-state index contributed by atoms with van der Waals surface area (Å²) in [5, 5.41) is 8.79. The summed E-state index contributed by atoms with van der Waals surface area (Å²) in [6, 6.07) is 2.38. The average molecular weight is 504 g/mol. The molecular formula is C18H32ClNO9P2. The van der Waals surface area contributed by atoms with Gasteiger partial charge in [0.2, 0.25) is 0 Å². The van der Waals surface area contributed by atoms with Crippen LogP contribution in [0.5, 0.6) is 0 Å². The molecule has 13 heteroatoms. The third-order valence-corrected chi connectivity index (χ3v) is 8.93. The van der Waals surface area contributed by atoms with E-state index in [0.29, 0.717) is 0 Å². The number of rotatable bonds is 13. The average Bonchev–Trinajstić information content (AvgIpc) is 2.62. The molecule has 1 atom stereocenters. The van der Waals surface area contributed by atoms with Crippen molar-refractivity contribution in [1.29, 1.82) is 0 Å². The molecule has 0 aliphatic carbocycles. The molecule has 0 radical (unpaired) electrons. The van der Waals surface area contributed by atoms with Crippen molar-refractivity contribution >= 4 is 26.8 Å². The van der Waals surface area contributed by atoms with Gasteiger partial charge in [-0.1, -0.05) is 11.6 Å². The van der Waals surface area contributed by atoms with Crippen LogP contribution in [0.3, 0.4) is 0 Å². The van der Waals surface area contributed by atoms with Crippen molar-refractivity contribution in [1.82, 2.24) is 4.98 Å². The van der Waals surface area contributed by atoms with Gasteiger partial charge in [-0.05, 0) is 67.5 Å². The van der Waals surface area contributed by atoms with E-state index in [0.717, 1.165) is 6.07 Å². The molecule has 0 aromatic carbocycles. The van der Waals surface area contributed by atoms with Gasteiger partial charge < -0.3 is 14.2 Å². The lowest BCUT2D eigenvalue weighted by Crippen LogP contribution is -2.33. The second-order valence-corrected chi connectivity index (χ2v) is 12.5. The van der Waals surface area contributed by atoms with Crippen LogP contribution in [-0.2, 0) is 42.4 Å². The van der Waals surface area contributed by atoms with Gasteiger partial charge in [0.05, 0.1) is 24.4 Å². The van der Waals surface area contributed by atoms with E-state index in [-0.39, 0.29) is 10.7 Å². The molecule has 0 spiro atoms. The molecule has 10 nitrogen and oxygen atoms in total. The summed E-state index contributed by atoms with van der Waals surface area (Å²) in [6.07, 6.45) is -1.40. The van der Waals surface area contributed by atoms with Gasteiger partial charge in [0, 0.05) is 11.8 Å². The Kier molecular flexibility index (Phi) is 10.8. The third-order valence-electron chi connectivity index (χ3n) is 3.24. The Bertz CT molecular complexity index is 776. The highest BCUT2D eigenvalue weighted by Crippen LogP contribution is 2.81. The van der Waals surface area contributed by atoms with Gasteiger partial charge >= 0.3 is 15.2 Å². The van der Waals surface area contributed by atoms with Crippen LogP contribution < -0.4 is 0 Å². The third kappa shape index (κ3) is 7.30. The van der Waals surface area contributed by atoms with Crippen LogP contribution in [0.25, 0.3) is 0 Å². The van der Waals surface area contributed by atoms with E-state index < -0.39 is 44.7 Å². The fourth-order valence-electron chi connectivity index (χ4n) is 2.21. The Balaban J connectivity index is 3.86. The number of hydrogen-bond donors (Lipinski definition) is 1. The number of halogens is 1. The lowest BCUT2D eigenvalue weighted by molar-refractivity contribution is -0.297. The van der Waals surface area contributed by atoms with Gasteiger partial charge in [0.1, 0.15) is 5.15 Å². The van der Waals surface area contributed by atoms with Gasteiger partial charge in [-0.2, -0.15) is 0 Å². The van der Waals surface area contributed by atoms with E-state index in [2.05, 4.69) is 4.98 Å². The molecule has 0 aliphatic rings. The smallest absolute Gasteiger partial charge is 0.364 e. The van der Waals surface area contributed by atoms with Gasteiger partial charge in [-0.15, -0.1) is 9.35 Å². The Hall–Kier alpha value is -0.380. The lowest BCUT2D eigenvalue weighted by atomic mass is 10.3. The first-order valence-corrected chi connectivity index (χ1v) is 13.2. The Morgan fingerprint density at radius 2 is 1.32 bits per heavy atom. The minimum absolute atomic E-state index is 0.0855. The molecule has 1 unspecified atom stereocenters. The molecule has 0 fully saturated rings. The lowest BCUT2D eigenvalue weighted by Gasteiger charge is -2.39. The Morgan fingerprint density at radius 3 is 1.68 bits per heavy atom. The van der Waals surface area contributed by atoms with Crippen molar-refractivity contribution in [2.24, 2.45) is 0 Å². The van der Waals surface area contributed by atoms with Crippen molar-refractivity contribution in [2.75, 3.05) is 0 Å². The number of pyridine rings is 1. The summed E-state index contributed by atoms with van der Waals surface area (Å²) in [4.78, 5) is 13.9. The van der Waals surface area contributed by atoms with Gasteiger partial charge in [-0.25, -0.2) is 14.8 Å². The van der Waals surface area contributed by atoms with Crippen LogP contribution in [0.2, 0.25) is 5.15 Å². The molecule has 1 rings (SSSR count). The van der Waals surface area contributed by atoms with E-state index >= 15 is 0 Å². The Morgan fingerprint density at radius 1 is 0.871 bits per heavy atom. The first-order valence-electron chi connectivity index (χ1n) is 9.78. The molecule has 0 saturated carbocycles. The van der Waals surface area contributed by atoms with E-state index in [4.69, 9.17) is 39.8 Å². The zero-order chi connectivity index (χ0) is 24.0. The number of hydrogen-bond acceptors (Lipinski definition) is 10. The highest BCUT2D eigenvalue weighted by Gasteiger charge is 2.69. The van der Waals surface area contributed by atoms with Crippen LogP contribution in [0.4, 0.5) is 0 Å². The molecule has 1 heterocycles. The second-order valence-electron chi connectivity index (χ2n) is 7.74. The van der Waals surface area contributed by atoms with Crippen LogP contribution in [0, 0.1) is 0 Å². The zero-order valence-electron chi connectivity index (χ0n) is 19.0.